The van der Waals surface area contributed by atoms with E-state index in [0.29, 0.717) is 0 Å². The highest BCUT2D eigenvalue weighted by atomic mass is 16.5. The lowest BCUT2D eigenvalue weighted by atomic mass is 10.2. The zero-order valence-corrected chi connectivity index (χ0v) is 10.4. The average Bonchev–Trinajstić information content (AvgIpc) is 3.16. The van der Waals surface area contributed by atoms with E-state index in [-0.39, 0.29) is 12.1 Å². The zero-order chi connectivity index (χ0) is 12.1. The standard InChI is InChI=1S/C14H21NO2/c1-2-9-17-13-5-3-12(4-6-13)10-15-14(11-16)7-8-14/h3-6,15-16H,2,7-11H2,1H3. The third-order valence-electron chi connectivity index (χ3n) is 3.22. The Balaban J connectivity index is 1.81. The van der Waals surface area contributed by atoms with Crippen LogP contribution >= 0.6 is 0 Å². The first-order chi connectivity index (χ1) is 8.28. The maximum absolute atomic E-state index is 9.19. The lowest BCUT2D eigenvalue weighted by Crippen LogP contribution is -2.34. The molecular weight excluding hydrogens is 214 g/mol. The molecule has 0 atom stereocenters. The van der Waals surface area contributed by atoms with Gasteiger partial charge in [-0.15, -0.1) is 0 Å². The Morgan fingerprint density at radius 3 is 2.53 bits per heavy atom. The number of benzene rings is 1. The lowest BCUT2D eigenvalue weighted by molar-refractivity contribution is 0.229. The summed E-state index contributed by atoms with van der Waals surface area (Å²) in [6.07, 6.45) is 3.20. The van der Waals surface area contributed by atoms with Gasteiger partial charge in [0.15, 0.2) is 0 Å². The number of hydrogen-bond acceptors (Lipinski definition) is 3. The summed E-state index contributed by atoms with van der Waals surface area (Å²) in [6.45, 7) is 3.92. The molecule has 3 heteroatoms. The minimum absolute atomic E-state index is 0.0113. The summed E-state index contributed by atoms with van der Waals surface area (Å²) >= 11 is 0. The number of ether oxygens (including phenoxy) is 1. The molecule has 0 bridgehead atoms. The SMILES string of the molecule is CCCOc1ccc(CNC2(CO)CC2)cc1. The number of aliphatic hydroxyl groups excluding tert-OH is 1. The van der Waals surface area contributed by atoms with Gasteiger partial charge in [-0.05, 0) is 37.0 Å². The highest BCUT2D eigenvalue weighted by Crippen LogP contribution is 2.34. The molecule has 0 unspecified atom stereocenters. The Morgan fingerprint density at radius 1 is 1.29 bits per heavy atom. The first kappa shape index (κ1) is 12.4. The topological polar surface area (TPSA) is 41.5 Å². The molecule has 0 amide bonds. The Bertz CT molecular complexity index is 344. The van der Waals surface area contributed by atoms with E-state index in [1.807, 2.05) is 12.1 Å². The third-order valence-corrected chi connectivity index (χ3v) is 3.22. The van der Waals surface area contributed by atoms with Gasteiger partial charge in [-0.3, -0.25) is 0 Å². The van der Waals surface area contributed by atoms with Crippen molar-refractivity contribution in [2.75, 3.05) is 13.2 Å². The summed E-state index contributed by atoms with van der Waals surface area (Å²) < 4.78 is 5.53. The molecule has 0 saturated heterocycles. The summed E-state index contributed by atoms with van der Waals surface area (Å²) in [7, 11) is 0. The van der Waals surface area contributed by atoms with Crippen LogP contribution < -0.4 is 10.1 Å². The maximum atomic E-state index is 9.19. The molecule has 2 N–H and O–H groups in total. The molecule has 0 radical (unpaired) electrons. The summed E-state index contributed by atoms with van der Waals surface area (Å²) in [6, 6.07) is 8.16. The Morgan fingerprint density at radius 2 is 2.00 bits per heavy atom. The fourth-order valence-electron chi connectivity index (χ4n) is 1.75. The van der Waals surface area contributed by atoms with Gasteiger partial charge in [0.1, 0.15) is 5.75 Å². The van der Waals surface area contributed by atoms with Crippen LogP contribution in [-0.2, 0) is 6.54 Å². The van der Waals surface area contributed by atoms with E-state index in [4.69, 9.17) is 4.74 Å². The molecule has 0 spiro atoms. The van der Waals surface area contributed by atoms with Crippen LogP contribution in [0.4, 0.5) is 0 Å². The van der Waals surface area contributed by atoms with Crippen molar-refractivity contribution in [1.29, 1.82) is 0 Å². The van der Waals surface area contributed by atoms with Gasteiger partial charge < -0.3 is 15.2 Å². The van der Waals surface area contributed by atoms with Crippen molar-refractivity contribution in [2.45, 2.75) is 38.3 Å². The van der Waals surface area contributed by atoms with Gasteiger partial charge in [0, 0.05) is 12.1 Å². The predicted molar refractivity (Wildman–Crippen MR) is 68.1 cm³/mol. The molecule has 94 valence electrons. The molecule has 0 heterocycles. The van der Waals surface area contributed by atoms with Crippen molar-refractivity contribution in [3.8, 4) is 5.75 Å². The van der Waals surface area contributed by atoms with Gasteiger partial charge in [-0.2, -0.15) is 0 Å². The molecule has 1 aromatic carbocycles. The number of nitrogens with one attached hydrogen (secondary N) is 1. The first-order valence-corrected chi connectivity index (χ1v) is 6.36. The van der Waals surface area contributed by atoms with E-state index < -0.39 is 0 Å². The Hall–Kier alpha value is -1.06. The monoisotopic (exact) mass is 235 g/mol. The Labute approximate surface area is 103 Å². The lowest BCUT2D eigenvalue weighted by Gasteiger charge is -2.14. The van der Waals surface area contributed by atoms with Crippen LogP contribution in [0.25, 0.3) is 0 Å². The highest BCUT2D eigenvalue weighted by molar-refractivity contribution is 5.27. The molecule has 0 aliphatic heterocycles. The largest absolute Gasteiger partial charge is 0.494 e. The molecule has 17 heavy (non-hydrogen) atoms. The van der Waals surface area contributed by atoms with E-state index >= 15 is 0 Å². The molecule has 2 rings (SSSR count). The molecule has 1 saturated carbocycles. The second-order valence-corrected chi connectivity index (χ2v) is 4.78. The van der Waals surface area contributed by atoms with Gasteiger partial charge in [0.05, 0.1) is 13.2 Å². The summed E-state index contributed by atoms with van der Waals surface area (Å²) in [5.74, 6) is 0.930. The quantitative estimate of drug-likeness (QED) is 0.760. The van der Waals surface area contributed by atoms with Crippen molar-refractivity contribution in [2.24, 2.45) is 0 Å². The predicted octanol–water partition coefficient (Wildman–Crippen LogP) is 2.09. The van der Waals surface area contributed by atoms with Gasteiger partial charge in [0.2, 0.25) is 0 Å². The fourth-order valence-corrected chi connectivity index (χ4v) is 1.75. The van der Waals surface area contributed by atoms with Gasteiger partial charge in [-0.25, -0.2) is 0 Å². The fraction of sp³-hybridized carbons (Fsp3) is 0.571. The summed E-state index contributed by atoms with van der Waals surface area (Å²) in [5, 5.41) is 12.6. The van der Waals surface area contributed by atoms with Crippen molar-refractivity contribution in [3.05, 3.63) is 29.8 Å². The molecule has 1 aliphatic carbocycles. The van der Waals surface area contributed by atoms with Gasteiger partial charge in [0.25, 0.3) is 0 Å². The molecule has 1 fully saturated rings. The van der Waals surface area contributed by atoms with Crippen molar-refractivity contribution in [1.82, 2.24) is 5.32 Å². The molecule has 0 aromatic heterocycles. The Kier molecular flexibility index (Phi) is 4.02. The van der Waals surface area contributed by atoms with Crippen molar-refractivity contribution < 1.29 is 9.84 Å². The van der Waals surface area contributed by atoms with Crippen LogP contribution in [0.5, 0.6) is 5.75 Å². The van der Waals surface area contributed by atoms with Crippen LogP contribution in [0.15, 0.2) is 24.3 Å². The van der Waals surface area contributed by atoms with Gasteiger partial charge in [-0.1, -0.05) is 19.1 Å². The minimum atomic E-state index is 0.0113. The number of rotatable bonds is 7. The van der Waals surface area contributed by atoms with Crippen molar-refractivity contribution >= 4 is 0 Å². The van der Waals surface area contributed by atoms with E-state index in [1.165, 1.54) is 5.56 Å². The normalized spacial score (nSPS) is 16.8. The minimum Gasteiger partial charge on any atom is -0.494 e. The van der Waals surface area contributed by atoms with Crippen LogP contribution in [0.3, 0.4) is 0 Å². The number of aliphatic hydroxyl groups is 1. The molecule has 1 aliphatic rings. The van der Waals surface area contributed by atoms with Crippen LogP contribution in [0, 0.1) is 0 Å². The van der Waals surface area contributed by atoms with Crippen molar-refractivity contribution in [3.63, 3.8) is 0 Å². The smallest absolute Gasteiger partial charge is 0.119 e. The van der Waals surface area contributed by atoms with Crippen LogP contribution in [0.1, 0.15) is 31.7 Å². The van der Waals surface area contributed by atoms with Crippen LogP contribution in [0.2, 0.25) is 0 Å². The second kappa shape index (κ2) is 5.52. The number of hydrogen-bond donors (Lipinski definition) is 2. The second-order valence-electron chi connectivity index (χ2n) is 4.78. The van der Waals surface area contributed by atoms with Crippen LogP contribution in [-0.4, -0.2) is 23.9 Å². The maximum Gasteiger partial charge on any atom is 0.119 e. The molecule has 3 nitrogen and oxygen atoms in total. The zero-order valence-electron chi connectivity index (χ0n) is 10.4. The van der Waals surface area contributed by atoms with E-state index in [0.717, 1.165) is 38.2 Å². The summed E-state index contributed by atoms with van der Waals surface area (Å²) in [5.41, 5.74) is 1.24. The van der Waals surface area contributed by atoms with Gasteiger partial charge >= 0.3 is 0 Å². The van der Waals surface area contributed by atoms with E-state index in [2.05, 4.69) is 24.4 Å². The summed E-state index contributed by atoms with van der Waals surface area (Å²) in [4.78, 5) is 0. The third kappa shape index (κ3) is 3.45. The van der Waals surface area contributed by atoms with E-state index in [1.54, 1.807) is 0 Å². The van der Waals surface area contributed by atoms with E-state index in [9.17, 15) is 5.11 Å². The molecular formula is C14H21NO2. The average molecular weight is 235 g/mol. The first-order valence-electron chi connectivity index (χ1n) is 6.36. The molecule has 1 aromatic rings. The highest BCUT2D eigenvalue weighted by Gasteiger charge is 2.41.